The molecule has 7 nitrogen and oxygen atoms in total. The van der Waals surface area contributed by atoms with Crippen molar-refractivity contribution in [2.24, 2.45) is 0 Å². The van der Waals surface area contributed by atoms with Crippen molar-refractivity contribution in [3.63, 3.8) is 0 Å². The zero-order valence-corrected chi connectivity index (χ0v) is 17.2. The quantitative estimate of drug-likeness (QED) is 0.729. The minimum Gasteiger partial charge on any atom is -0.442 e. The van der Waals surface area contributed by atoms with E-state index in [2.05, 4.69) is 5.32 Å². The minimum absolute atomic E-state index is 0.0581. The van der Waals surface area contributed by atoms with E-state index in [1.54, 1.807) is 9.80 Å². The van der Waals surface area contributed by atoms with Crippen LogP contribution in [0.4, 0.5) is 25.0 Å². The lowest BCUT2D eigenvalue weighted by molar-refractivity contribution is -0.129. The Kier molecular flexibility index (Phi) is 6.51. The first kappa shape index (κ1) is 21.2. The molecule has 0 unspecified atom stereocenters. The topological polar surface area (TPSA) is 65.1 Å². The molecule has 1 atom stereocenters. The summed E-state index contributed by atoms with van der Waals surface area (Å²) in [5.41, 5.74) is -0.0345. The third-order valence-electron chi connectivity index (χ3n) is 5.08. The van der Waals surface area contributed by atoms with Crippen LogP contribution in [-0.4, -0.2) is 67.3 Å². The van der Waals surface area contributed by atoms with Crippen LogP contribution >= 0.6 is 12.2 Å². The van der Waals surface area contributed by atoms with Crippen LogP contribution in [0, 0.1) is 11.6 Å². The van der Waals surface area contributed by atoms with Gasteiger partial charge in [-0.15, -0.1) is 0 Å². The Morgan fingerprint density at radius 3 is 2.41 bits per heavy atom. The molecule has 29 heavy (non-hydrogen) atoms. The lowest BCUT2D eigenvalue weighted by Crippen LogP contribution is -2.48. The Morgan fingerprint density at radius 1 is 1.24 bits per heavy atom. The van der Waals surface area contributed by atoms with Crippen LogP contribution in [0.5, 0.6) is 0 Å². The van der Waals surface area contributed by atoms with Crippen LogP contribution in [0.1, 0.15) is 20.3 Å². The van der Waals surface area contributed by atoms with Crippen molar-refractivity contribution < 1.29 is 23.1 Å². The SMILES string of the molecule is CCC(=S)NC[C@H]1CN(c2cc(F)c(N3CCN(C(C)=O)CC3)c(F)c2)C(=O)O1. The first-order valence-corrected chi connectivity index (χ1v) is 9.95. The van der Waals surface area contributed by atoms with Gasteiger partial charge in [-0.3, -0.25) is 9.69 Å². The van der Waals surface area contributed by atoms with E-state index in [1.165, 1.54) is 11.8 Å². The molecule has 2 amide bonds. The molecule has 0 saturated carbocycles. The molecule has 2 aliphatic rings. The summed E-state index contributed by atoms with van der Waals surface area (Å²) in [7, 11) is 0. The van der Waals surface area contributed by atoms with Gasteiger partial charge in [0.25, 0.3) is 0 Å². The second kappa shape index (κ2) is 8.89. The fourth-order valence-corrected chi connectivity index (χ4v) is 3.53. The predicted molar refractivity (Wildman–Crippen MR) is 109 cm³/mol. The smallest absolute Gasteiger partial charge is 0.414 e. The van der Waals surface area contributed by atoms with Crippen molar-refractivity contribution in [1.29, 1.82) is 0 Å². The van der Waals surface area contributed by atoms with E-state index in [1.807, 2.05) is 6.92 Å². The maximum Gasteiger partial charge on any atom is 0.414 e. The summed E-state index contributed by atoms with van der Waals surface area (Å²) in [6.07, 6.45) is -0.434. The number of anilines is 2. The molecule has 0 bridgehead atoms. The van der Waals surface area contributed by atoms with E-state index in [0.717, 1.165) is 12.1 Å². The van der Waals surface area contributed by atoms with Crippen LogP contribution in [-0.2, 0) is 9.53 Å². The van der Waals surface area contributed by atoms with E-state index >= 15 is 0 Å². The summed E-state index contributed by atoms with van der Waals surface area (Å²) in [6, 6.07) is 2.28. The lowest BCUT2D eigenvalue weighted by Gasteiger charge is -2.36. The molecule has 2 aliphatic heterocycles. The van der Waals surface area contributed by atoms with Crippen LogP contribution in [0.25, 0.3) is 0 Å². The highest BCUT2D eigenvalue weighted by Crippen LogP contribution is 2.31. The second-order valence-corrected chi connectivity index (χ2v) is 7.52. The van der Waals surface area contributed by atoms with Crippen LogP contribution < -0.4 is 15.1 Å². The van der Waals surface area contributed by atoms with Gasteiger partial charge in [0.05, 0.1) is 23.8 Å². The molecular formula is C19H24F2N4O3S. The predicted octanol–water partition coefficient (Wildman–Crippen LogP) is 2.29. The Hall–Kier alpha value is -2.49. The number of amides is 2. The average molecular weight is 426 g/mol. The number of cyclic esters (lactones) is 1. The first-order valence-electron chi connectivity index (χ1n) is 9.54. The van der Waals surface area contributed by atoms with Gasteiger partial charge in [0.1, 0.15) is 11.8 Å². The van der Waals surface area contributed by atoms with Crippen molar-refractivity contribution in [3.05, 3.63) is 23.8 Å². The molecule has 0 aliphatic carbocycles. The van der Waals surface area contributed by atoms with Crippen LogP contribution in [0.2, 0.25) is 0 Å². The molecule has 0 spiro atoms. The highest BCUT2D eigenvalue weighted by molar-refractivity contribution is 7.80. The molecule has 1 aromatic carbocycles. The second-order valence-electron chi connectivity index (χ2n) is 7.03. The maximum absolute atomic E-state index is 14.8. The number of piperazine rings is 1. The van der Waals surface area contributed by atoms with E-state index in [4.69, 9.17) is 17.0 Å². The molecule has 158 valence electrons. The number of carbonyl (C=O) groups is 2. The Morgan fingerprint density at radius 2 is 1.86 bits per heavy atom. The van der Waals surface area contributed by atoms with Crippen molar-refractivity contribution in [1.82, 2.24) is 10.2 Å². The van der Waals surface area contributed by atoms with E-state index in [9.17, 15) is 18.4 Å². The summed E-state index contributed by atoms with van der Waals surface area (Å²) < 4.78 is 34.8. The molecule has 2 fully saturated rings. The fourth-order valence-electron chi connectivity index (χ4n) is 3.45. The molecule has 2 heterocycles. The number of halogens is 2. The summed E-state index contributed by atoms with van der Waals surface area (Å²) in [4.78, 5) is 28.7. The van der Waals surface area contributed by atoms with Gasteiger partial charge in [-0.2, -0.15) is 0 Å². The summed E-state index contributed by atoms with van der Waals surface area (Å²) >= 11 is 5.08. The summed E-state index contributed by atoms with van der Waals surface area (Å²) in [5.74, 6) is -1.56. The third kappa shape index (κ3) is 4.75. The first-order chi connectivity index (χ1) is 13.8. The Bertz CT molecular complexity index is 792. The van der Waals surface area contributed by atoms with Gasteiger partial charge in [0.15, 0.2) is 11.6 Å². The number of hydrogen-bond acceptors (Lipinski definition) is 5. The van der Waals surface area contributed by atoms with Gasteiger partial charge in [-0.05, 0) is 6.42 Å². The zero-order chi connectivity index (χ0) is 21.1. The summed E-state index contributed by atoms with van der Waals surface area (Å²) in [5, 5.41) is 3.00. The monoisotopic (exact) mass is 426 g/mol. The molecule has 1 aromatic rings. The standard InChI is InChI=1S/C19H24F2N4O3S/c1-3-17(29)22-10-14-11-25(19(27)28-14)13-8-15(20)18(16(21)9-13)24-6-4-23(5-7-24)12(2)26/h8-9,14H,3-7,10-11H2,1-2H3,(H,22,29)/t14-/m0/s1. The zero-order valence-electron chi connectivity index (χ0n) is 16.4. The maximum atomic E-state index is 14.8. The molecule has 0 radical (unpaired) electrons. The number of carbonyl (C=O) groups excluding carboxylic acids is 2. The average Bonchev–Trinajstić information content (AvgIpc) is 3.06. The highest BCUT2D eigenvalue weighted by Gasteiger charge is 2.34. The number of benzene rings is 1. The number of rotatable bonds is 5. The third-order valence-corrected chi connectivity index (χ3v) is 5.51. The van der Waals surface area contributed by atoms with Crippen molar-refractivity contribution in [2.75, 3.05) is 49.1 Å². The van der Waals surface area contributed by atoms with Gasteiger partial charge in [-0.25, -0.2) is 13.6 Å². The lowest BCUT2D eigenvalue weighted by atomic mass is 10.2. The minimum atomic E-state index is -0.752. The largest absolute Gasteiger partial charge is 0.442 e. The van der Waals surface area contributed by atoms with Gasteiger partial charge >= 0.3 is 6.09 Å². The van der Waals surface area contributed by atoms with Gasteiger partial charge in [-0.1, -0.05) is 19.1 Å². The van der Waals surface area contributed by atoms with Gasteiger partial charge < -0.3 is 19.9 Å². The van der Waals surface area contributed by atoms with Gasteiger partial charge in [0, 0.05) is 45.2 Å². The van der Waals surface area contributed by atoms with Crippen molar-refractivity contribution in [2.45, 2.75) is 26.4 Å². The molecular weight excluding hydrogens is 402 g/mol. The highest BCUT2D eigenvalue weighted by atomic mass is 32.1. The normalized spacial score (nSPS) is 19.4. The Balaban J connectivity index is 1.70. The number of nitrogens with zero attached hydrogens (tertiary/aromatic N) is 3. The number of nitrogens with one attached hydrogen (secondary N) is 1. The molecule has 3 rings (SSSR count). The Labute approximate surface area is 173 Å². The number of hydrogen-bond donors (Lipinski definition) is 1. The van der Waals surface area contributed by atoms with Crippen LogP contribution in [0.15, 0.2) is 12.1 Å². The van der Waals surface area contributed by atoms with Crippen molar-refractivity contribution in [3.8, 4) is 0 Å². The number of ether oxygens (including phenoxy) is 1. The van der Waals surface area contributed by atoms with Gasteiger partial charge in [0.2, 0.25) is 5.91 Å². The summed E-state index contributed by atoms with van der Waals surface area (Å²) in [6.45, 7) is 5.39. The fraction of sp³-hybridized carbons (Fsp3) is 0.526. The molecule has 0 aromatic heterocycles. The van der Waals surface area contributed by atoms with E-state index in [-0.39, 0.29) is 23.8 Å². The van der Waals surface area contributed by atoms with Crippen LogP contribution in [0.3, 0.4) is 0 Å². The molecule has 10 heteroatoms. The van der Waals surface area contributed by atoms with E-state index in [0.29, 0.717) is 44.1 Å². The molecule has 2 saturated heterocycles. The number of thiocarbonyl (C=S) groups is 1. The van der Waals surface area contributed by atoms with E-state index < -0.39 is 23.8 Å². The molecule has 1 N–H and O–H groups in total. The van der Waals surface area contributed by atoms with Crippen molar-refractivity contribution >= 4 is 40.6 Å².